The van der Waals surface area contributed by atoms with Gasteiger partial charge in [-0.3, -0.25) is 19.2 Å². The fourth-order valence-electron chi connectivity index (χ4n) is 6.58. The number of likely N-dealkylation sites (tertiary alicyclic amines) is 1. The first-order valence-corrected chi connectivity index (χ1v) is 15.8. The Morgan fingerprint density at radius 1 is 0.909 bits per heavy atom. The van der Waals surface area contributed by atoms with Gasteiger partial charge in [0.15, 0.2) is 0 Å². The Kier molecular flexibility index (Phi) is 10.2. The minimum absolute atomic E-state index is 0.0599. The van der Waals surface area contributed by atoms with Crippen molar-refractivity contribution in [2.24, 2.45) is 39.7 Å². The Morgan fingerprint density at radius 3 is 1.91 bits per heavy atom. The van der Waals surface area contributed by atoms with Gasteiger partial charge < -0.3 is 31.3 Å². The van der Waals surface area contributed by atoms with E-state index in [1.807, 2.05) is 13.8 Å². The quantitative estimate of drug-likeness (QED) is 0.202. The summed E-state index contributed by atoms with van der Waals surface area (Å²) in [4.78, 5) is 80.2. The monoisotopic (exact) mass is 619 g/mol. The van der Waals surface area contributed by atoms with Crippen LogP contribution in [-0.2, 0) is 28.7 Å². The number of rotatable bonds is 11. The molecule has 6 atom stereocenters. The zero-order valence-electron chi connectivity index (χ0n) is 28.0. The number of amides is 5. The van der Waals surface area contributed by atoms with E-state index in [0.717, 1.165) is 19.3 Å². The molecular weight excluding hydrogens is 566 g/mol. The molecule has 1 heterocycles. The van der Waals surface area contributed by atoms with Gasteiger partial charge in [0.25, 0.3) is 5.91 Å². The van der Waals surface area contributed by atoms with E-state index in [-0.39, 0.29) is 29.3 Å². The third kappa shape index (κ3) is 7.72. The Bertz CT molecular complexity index is 1160. The molecule has 1 saturated heterocycles. The molecule has 2 aliphatic carbocycles. The average Bonchev–Trinajstić information content (AvgIpc) is 3.18. The number of fused-ring (bicyclic) bond motifs is 1. The third-order valence-electron chi connectivity index (χ3n) is 9.55. The first kappa shape index (κ1) is 35.3. The van der Waals surface area contributed by atoms with Crippen molar-refractivity contribution in [2.45, 2.75) is 125 Å². The minimum Gasteiger partial charge on any atom is -0.461 e. The van der Waals surface area contributed by atoms with Crippen LogP contribution in [-0.4, -0.2) is 77.2 Å². The maximum Gasteiger partial charge on any atom is 0.329 e. The minimum atomic E-state index is -1.10. The summed E-state index contributed by atoms with van der Waals surface area (Å²) in [5.41, 5.74) is 3.68. The van der Waals surface area contributed by atoms with E-state index in [9.17, 15) is 28.8 Å². The number of urea groups is 1. The van der Waals surface area contributed by atoms with E-state index >= 15 is 0 Å². The summed E-state index contributed by atoms with van der Waals surface area (Å²) >= 11 is 0. The van der Waals surface area contributed by atoms with Crippen molar-refractivity contribution in [2.75, 3.05) is 6.54 Å². The van der Waals surface area contributed by atoms with E-state index in [2.05, 4.69) is 16.0 Å². The molecule has 3 fully saturated rings. The van der Waals surface area contributed by atoms with Crippen LogP contribution in [0.1, 0.15) is 94.9 Å². The summed E-state index contributed by atoms with van der Waals surface area (Å²) in [7, 11) is 0. The lowest BCUT2D eigenvalue weighted by atomic mass is 9.80. The Morgan fingerprint density at radius 2 is 1.45 bits per heavy atom. The first-order chi connectivity index (χ1) is 20.1. The van der Waals surface area contributed by atoms with Gasteiger partial charge in [-0.25, -0.2) is 9.59 Å². The Labute approximate surface area is 261 Å². The molecule has 1 unspecified atom stereocenters. The van der Waals surface area contributed by atoms with Gasteiger partial charge >= 0.3 is 12.0 Å². The van der Waals surface area contributed by atoms with Crippen molar-refractivity contribution >= 4 is 35.5 Å². The molecule has 5 amide bonds. The number of ether oxygens (including phenoxy) is 1. The van der Waals surface area contributed by atoms with Crippen LogP contribution >= 0.6 is 0 Å². The molecule has 0 aromatic carbocycles. The molecule has 3 rings (SSSR count). The van der Waals surface area contributed by atoms with Crippen LogP contribution in [0.3, 0.4) is 0 Å². The number of piperidine rings is 1. The van der Waals surface area contributed by atoms with E-state index in [1.165, 1.54) is 4.90 Å². The number of Topliss-reactive ketones (excluding diaryl/α,β-unsaturated/α-hetero) is 1. The number of carbonyl (C=O) groups is 6. The predicted molar refractivity (Wildman–Crippen MR) is 164 cm³/mol. The fourth-order valence-corrected chi connectivity index (χ4v) is 6.58. The third-order valence-corrected chi connectivity index (χ3v) is 9.55. The first-order valence-electron chi connectivity index (χ1n) is 15.8. The van der Waals surface area contributed by atoms with Crippen LogP contribution in [0, 0.1) is 34.0 Å². The van der Waals surface area contributed by atoms with Crippen molar-refractivity contribution in [1.29, 1.82) is 0 Å². The molecule has 0 spiro atoms. The van der Waals surface area contributed by atoms with Gasteiger partial charge in [-0.2, -0.15) is 0 Å². The fraction of sp³-hybridized carbons (Fsp3) is 0.812. The van der Waals surface area contributed by atoms with Gasteiger partial charge in [-0.05, 0) is 54.3 Å². The molecule has 12 heteroatoms. The van der Waals surface area contributed by atoms with Gasteiger partial charge in [-0.1, -0.05) is 74.7 Å². The zero-order valence-corrected chi connectivity index (χ0v) is 28.0. The lowest BCUT2D eigenvalue weighted by Crippen LogP contribution is -2.62. The zero-order chi connectivity index (χ0) is 33.5. The Balaban J connectivity index is 1.83. The van der Waals surface area contributed by atoms with Crippen LogP contribution in [0.4, 0.5) is 4.79 Å². The number of carbonyl (C=O) groups excluding carboxylic acids is 6. The molecule has 2 saturated carbocycles. The summed E-state index contributed by atoms with van der Waals surface area (Å²) in [5, 5.41) is 8.24. The SMILES string of the molecule is CC(C)OC(=O)[C@@H](NC(=O)N[C@H](C(=O)N1C[C@H]2[C@@H]([C@H]1C(=O)NC(CC1CCC1)C(=O)C(N)=O)C2(C)C)C(C)(C)C)C(C)(C)C. The van der Waals surface area contributed by atoms with Crippen molar-refractivity contribution in [3.05, 3.63) is 0 Å². The van der Waals surface area contributed by atoms with Gasteiger partial charge in [-0.15, -0.1) is 0 Å². The average molecular weight is 620 g/mol. The lowest BCUT2D eigenvalue weighted by molar-refractivity contribution is -0.152. The second-order valence-corrected chi connectivity index (χ2v) is 15.9. The molecule has 12 nitrogen and oxygen atoms in total. The van der Waals surface area contributed by atoms with Crippen LogP contribution in [0.5, 0.6) is 0 Å². The summed E-state index contributed by atoms with van der Waals surface area (Å²) in [5.74, 6) is -3.34. The molecule has 5 N–H and O–H groups in total. The number of primary amides is 1. The largest absolute Gasteiger partial charge is 0.461 e. The molecule has 1 aliphatic heterocycles. The predicted octanol–water partition coefficient (Wildman–Crippen LogP) is 2.28. The van der Waals surface area contributed by atoms with E-state index in [0.29, 0.717) is 13.0 Å². The highest BCUT2D eigenvalue weighted by Crippen LogP contribution is 2.65. The van der Waals surface area contributed by atoms with Gasteiger partial charge in [0, 0.05) is 6.54 Å². The molecule has 0 radical (unpaired) electrons. The van der Waals surface area contributed by atoms with Gasteiger partial charge in [0.05, 0.1) is 12.1 Å². The highest BCUT2D eigenvalue weighted by atomic mass is 16.5. The molecule has 0 bridgehead atoms. The van der Waals surface area contributed by atoms with Crippen molar-refractivity contribution in [1.82, 2.24) is 20.9 Å². The van der Waals surface area contributed by atoms with E-state index in [4.69, 9.17) is 10.5 Å². The number of nitrogens with one attached hydrogen (secondary N) is 3. The van der Waals surface area contributed by atoms with Gasteiger partial charge in [0.1, 0.15) is 18.1 Å². The Hall–Kier alpha value is -3.18. The smallest absolute Gasteiger partial charge is 0.329 e. The summed E-state index contributed by atoms with van der Waals surface area (Å²) in [6.07, 6.45) is 2.81. The number of hydrogen-bond donors (Lipinski definition) is 4. The molecule has 248 valence electrons. The standard InChI is InChI=1S/C32H53N5O7/c1-16(2)44-28(42)24(31(6,7)8)36-29(43)35-23(30(3,4)5)27(41)37-15-18-20(32(18,9)10)21(37)26(40)34-19(22(38)25(33)39)14-17-12-11-13-17/h16-21,23-24H,11-15H2,1-10H3,(H2,33,39)(H,34,40)(H2,35,36,43)/t18-,19?,20-,21-,23+,24+/m0/s1. The molecular formula is C32H53N5O7. The number of hydrogen-bond acceptors (Lipinski definition) is 7. The number of esters is 1. The van der Waals surface area contributed by atoms with Crippen molar-refractivity contribution in [3.8, 4) is 0 Å². The molecule has 3 aliphatic rings. The molecule has 0 aromatic rings. The maximum atomic E-state index is 14.2. The second kappa shape index (κ2) is 12.7. The summed E-state index contributed by atoms with van der Waals surface area (Å²) in [6.45, 7) is 18.7. The van der Waals surface area contributed by atoms with Crippen LogP contribution in [0.25, 0.3) is 0 Å². The van der Waals surface area contributed by atoms with Crippen molar-refractivity contribution < 1.29 is 33.5 Å². The van der Waals surface area contributed by atoms with Crippen LogP contribution < -0.4 is 21.7 Å². The summed E-state index contributed by atoms with van der Waals surface area (Å²) in [6, 6.07) is -4.67. The van der Waals surface area contributed by atoms with E-state index < -0.39 is 70.5 Å². The highest BCUT2D eigenvalue weighted by molar-refractivity contribution is 6.37. The highest BCUT2D eigenvalue weighted by Gasteiger charge is 2.70. The normalized spacial score (nSPS) is 24.7. The second-order valence-electron chi connectivity index (χ2n) is 15.9. The molecule has 0 aromatic heterocycles. The number of nitrogens with two attached hydrogens (primary N) is 1. The summed E-state index contributed by atoms with van der Waals surface area (Å²) < 4.78 is 5.36. The lowest BCUT2D eigenvalue weighted by Gasteiger charge is -2.38. The number of nitrogens with zero attached hydrogens (tertiary/aromatic N) is 1. The van der Waals surface area contributed by atoms with Gasteiger partial charge in [0.2, 0.25) is 17.6 Å². The topological polar surface area (TPSA) is 177 Å². The van der Waals surface area contributed by atoms with Crippen LogP contribution in [0.15, 0.2) is 0 Å². The maximum absolute atomic E-state index is 14.2. The van der Waals surface area contributed by atoms with E-state index in [1.54, 1.807) is 55.4 Å². The molecule has 44 heavy (non-hydrogen) atoms. The van der Waals surface area contributed by atoms with Crippen molar-refractivity contribution in [3.63, 3.8) is 0 Å². The number of ketones is 1. The van der Waals surface area contributed by atoms with Crippen LogP contribution in [0.2, 0.25) is 0 Å².